The molecule has 6 heteroatoms. The lowest BCUT2D eigenvalue weighted by Crippen LogP contribution is -2.19. The largest absolute Gasteiger partial charge is 0.325 e. The minimum absolute atomic E-state index is 0.116. The molecule has 1 aliphatic rings. The molecule has 4 rings (SSSR count). The van der Waals surface area contributed by atoms with Crippen molar-refractivity contribution in [2.45, 2.75) is 32.7 Å². The lowest BCUT2D eigenvalue weighted by Gasteiger charge is -2.10. The van der Waals surface area contributed by atoms with Gasteiger partial charge in [0.05, 0.1) is 0 Å². The highest BCUT2D eigenvalue weighted by molar-refractivity contribution is 7.71. The number of H-pyrrole nitrogens is 1. The molecule has 0 spiro atoms. The molecule has 0 radical (unpaired) electrons. The number of anilines is 1. The van der Waals surface area contributed by atoms with Crippen LogP contribution in [0, 0.1) is 11.7 Å². The van der Waals surface area contributed by atoms with Gasteiger partial charge >= 0.3 is 0 Å². The summed E-state index contributed by atoms with van der Waals surface area (Å²) in [6, 6.07) is 14.1. The quantitative estimate of drug-likeness (QED) is 0.687. The van der Waals surface area contributed by atoms with Crippen LogP contribution < -0.4 is 5.32 Å². The molecule has 0 saturated heterocycles. The van der Waals surface area contributed by atoms with E-state index in [9.17, 15) is 4.79 Å². The number of nitrogens with zero attached hydrogens (tertiary/aromatic N) is 2. The Morgan fingerprint density at radius 1 is 1.23 bits per heavy atom. The molecule has 1 aromatic heterocycles. The molecule has 1 amide bonds. The molecule has 2 N–H and O–H groups in total. The number of nitrogens with one attached hydrogen (secondary N) is 2. The Hall–Kier alpha value is -2.73. The number of hydrogen-bond donors (Lipinski definition) is 2. The fraction of sp³-hybridized carbons (Fsp3) is 0.250. The van der Waals surface area contributed by atoms with Gasteiger partial charge in [-0.2, -0.15) is 5.10 Å². The van der Waals surface area contributed by atoms with Crippen LogP contribution in [0.4, 0.5) is 5.69 Å². The van der Waals surface area contributed by atoms with E-state index >= 15 is 0 Å². The van der Waals surface area contributed by atoms with Gasteiger partial charge in [0, 0.05) is 11.3 Å². The number of benzene rings is 2. The van der Waals surface area contributed by atoms with Crippen LogP contribution in [0.3, 0.4) is 0 Å². The lowest BCUT2D eigenvalue weighted by atomic mass is 10.1. The zero-order valence-corrected chi connectivity index (χ0v) is 15.4. The van der Waals surface area contributed by atoms with Crippen LogP contribution in [0.2, 0.25) is 0 Å². The zero-order chi connectivity index (χ0) is 18.1. The lowest BCUT2D eigenvalue weighted by molar-refractivity contribution is -0.116. The van der Waals surface area contributed by atoms with Gasteiger partial charge < -0.3 is 5.32 Å². The Balaban J connectivity index is 1.55. The van der Waals surface area contributed by atoms with Gasteiger partial charge in [-0.3, -0.25) is 14.5 Å². The van der Waals surface area contributed by atoms with Crippen LogP contribution in [0.5, 0.6) is 0 Å². The Kier molecular flexibility index (Phi) is 4.42. The van der Waals surface area contributed by atoms with E-state index in [0.717, 1.165) is 29.7 Å². The van der Waals surface area contributed by atoms with Gasteiger partial charge in [-0.15, -0.1) is 0 Å². The number of rotatable bonds is 4. The maximum absolute atomic E-state index is 12.6. The van der Waals surface area contributed by atoms with Crippen LogP contribution >= 0.6 is 12.2 Å². The second-order valence-corrected chi connectivity index (χ2v) is 7.08. The highest BCUT2D eigenvalue weighted by atomic mass is 32.1. The third-order valence-electron chi connectivity index (χ3n) is 4.72. The smallest absolute Gasteiger partial charge is 0.244 e. The van der Waals surface area contributed by atoms with Crippen molar-refractivity contribution in [2.24, 2.45) is 0 Å². The summed E-state index contributed by atoms with van der Waals surface area (Å²) in [5, 5.41) is 10.1. The zero-order valence-electron chi connectivity index (χ0n) is 14.6. The monoisotopic (exact) mass is 364 g/mol. The number of carbonyl (C=O) groups is 1. The molecule has 2 aromatic carbocycles. The SMILES string of the molecule is Cc1cccc(-c2n[nH]c(=S)n2CC(=O)Nc2ccc3c(c2)CCC3)c1. The number of aromatic nitrogens is 3. The van der Waals surface area contributed by atoms with Crippen molar-refractivity contribution in [2.75, 3.05) is 5.32 Å². The van der Waals surface area contributed by atoms with Crippen molar-refractivity contribution in [3.05, 3.63) is 63.9 Å². The van der Waals surface area contributed by atoms with E-state index in [0.29, 0.717) is 10.6 Å². The van der Waals surface area contributed by atoms with Crippen molar-refractivity contribution in [3.63, 3.8) is 0 Å². The number of carbonyl (C=O) groups excluding carboxylic acids is 1. The molecule has 1 heterocycles. The van der Waals surface area contributed by atoms with Gasteiger partial charge in [-0.25, -0.2) is 0 Å². The summed E-state index contributed by atoms with van der Waals surface area (Å²) in [6.45, 7) is 2.14. The normalized spacial score (nSPS) is 12.8. The first kappa shape index (κ1) is 16.7. The first-order valence-corrected chi connectivity index (χ1v) is 9.15. The van der Waals surface area contributed by atoms with Crippen LogP contribution in [0.1, 0.15) is 23.1 Å². The van der Waals surface area contributed by atoms with Crippen molar-refractivity contribution in [1.82, 2.24) is 14.8 Å². The van der Waals surface area contributed by atoms with Crippen molar-refractivity contribution in [1.29, 1.82) is 0 Å². The number of aryl methyl sites for hydroxylation is 3. The number of amides is 1. The molecular formula is C20H20N4OS. The van der Waals surface area contributed by atoms with E-state index in [4.69, 9.17) is 12.2 Å². The van der Waals surface area contributed by atoms with Crippen molar-refractivity contribution in [3.8, 4) is 11.4 Å². The Morgan fingerprint density at radius 2 is 2.08 bits per heavy atom. The topological polar surface area (TPSA) is 62.7 Å². The fourth-order valence-electron chi connectivity index (χ4n) is 3.46. The maximum atomic E-state index is 12.6. The van der Waals surface area contributed by atoms with E-state index in [1.807, 2.05) is 37.3 Å². The average Bonchev–Trinajstić information content (AvgIpc) is 3.22. The van der Waals surface area contributed by atoms with Gasteiger partial charge in [-0.1, -0.05) is 29.8 Å². The Bertz CT molecular complexity index is 1030. The minimum Gasteiger partial charge on any atom is -0.325 e. The van der Waals surface area contributed by atoms with Crippen LogP contribution in [0.25, 0.3) is 11.4 Å². The standard InChI is InChI=1S/C20H20N4OS/c1-13-4-2-7-16(10-13)19-22-23-20(26)24(19)12-18(25)21-17-9-8-14-5-3-6-15(14)11-17/h2,4,7-11H,3,5-6,12H2,1H3,(H,21,25)(H,23,26). The van der Waals surface area contributed by atoms with Crippen molar-refractivity contribution >= 4 is 23.8 Å². The first-order valence-electron chi connectivity index (χ1n) is 8.74. The van der Waals surface area contributed by atoms with Gasteiger partial charge in [0.1, 0.15) is 6.54 Å². The van der Waals surface area contributed by atoms with Crippen LogP contribution in [-0.4, -0.2) is 20.7 Å². The predicted octanol–water partition coefficient (Wildman–Crippen LogP) is 4.04. The third kappa shape index (κ3) is 3.32. The van der Waals surface area contributed by atoms with E-state index in [2.05, 4.69) is 27.6 Å². The second kappa shape index (κ2) is 6.88. The highest BCUT2D eigenvalue weighted by Gasteiger charge is 2.14. The van der Waals surface area contributed by atoms with Gasteiger partial charge in [0.15, 0.2) is 10.6 Å². The van der Waals surface area contributed by atoms with E-state index < -0.39 is 0 Å². The molecule has 0 fully saturated rings. The summed E-state index contributed by atoms with van der Waals surface area (Å²) < 4.78 is 2.16. The summed E-state index contributed by atoms with van der Waals surface area (Å²) in [7, 11) is 0. The second-order valence-electron chi connectivity index (χ2n) is 6.69. The molecule has 0 aliphatic heterocycles. The molecule has 132 valence electrons. The van der Waals surface area contributed by atoms with Crippen molar-refractivity contribution < 1.29 is 4.79 Å². The molecule has 0 unspecified atom stereocenters. The van der Waals surface area contributed by atoms with Crippen LogP contribution in [-0.2, 0) is 24.2 Å². The summed E-state index contributed by atoms with van der Waals surface area (Å²) in [4.78, 5) is 12.6. The summed E-state index contributed by atoms with van der Waals surface area (Å²) in [5.74, 6) is 0.553. The van der Waals surface area contributed by atoms with Gasteiger partial charge in [0.2, 0.25) is 5.91 Å². The average molecular weight is 364 g/mol. The Labute approximate surface area is 157 Å². The molecular weight excluding hydrogens is 344 g/mol. The van der Waals surface area contributed by atoms with Crippen LogP contribution in [0.15, 0.2) is 42.5 Å². The molecule has 0 bridgehead atoms. The molecule has 0 saturated carbocycles. The Morgan fingerprint density at radius 3 is 2.92 bits per heavy atom. The number of aromatic amines is 1. The summed E-state index contributed by atoms with van der Waals surface area (Å²) >= 11 is 5.32. The van der Waals surface area contributed by atoms with E-state index in [1.54, 1.807) is 4.57 Å². The third-order valence-corrected chi connectivity index (χ3v) is 5.03. The highest BCUT2D eigenvalue weighted by Crippen LogP contribution is 2.25. The molecule has 3 aromatic rings. The first-order chi connectivity index (χ1) is 12.6. The van der Waals surface area contributed by atoms with Gasteiger partial charge in [0.25, 0.3) is 0 Å². The molecule has 5 nitrogen and oxygen atoms in total. The molecule has 1 aliphatic carbocycles. The van der Waals surface area contributed by atoms with E-state index in [-0.39, 0.29) is 12.5 Å². The molecule has 26 heavy (non-hydrogen) atoms. The van der Waals surface area contributed by atoms with E-state index in [1.165, 1.54) is 17.5 Å². The number of fused-ring (bicyclic) bond motifs is 1. The molecule has 0 atom stereocenters. The summed E-state index contributed by atoms with van der Waals surface area (Å²) in [6.07, 6.45) is 3.41. The fourth-order valence-corrected chi connectivity index (χ4v) is 3.66. The minimum atomic E-state index is -0.116. The summed E-state index contributed by atoms with van der Waals surface area (Å²) in [5.41, 5.74) is 5.63. The number of hydrogen-bond acceptors (Lipinski definition) is 3. The maximum Gasteiger partial charge on any atom is 0.244 e. The van der Waals surface area contributed by atoms with Gasteiger partial charge in [-0.05, 0) is 67.7 Å². The predicted molar refractivity (Wildman–Crippen MR) is 105 cm³/mol.